The second-order valence-corrected chi connectivity index (χ2v) is 6.44. The van der Waals surface area contributed by atoms with Crippen molar-refractivity contribution in [2.45, 2.75) is 19.8 Å². The molecule has 0 unspecified atom stereocenters. The zero-order chi connectivity index (χ0) is 18.6. The molecule has 0 fully saturated rings. The zero-order valence-corrected chi connectivity index (χ0v) is 15.0. The van der Waals surface area contributed by atoms with Gasteiger partial charge in [0.25, 0.3) is 0 Å². The van der Waals surface area contributed by atoms with E-state index in [1.807, 2.05) is 73.7 Å². The van der Waals surface area contributed by atoms with Gasteiger partial charge in [-0.2, -0.15) is 0 Å². The lowest BCUT2D eigenvalue weighted by molar-refractivity contribution is -0.116. The minimum absolute atomic E-state index is 0.0820. The number of nitrogens with one attached hydrogen (secondary N) is 1. The van der Waals surface area contributed by atoms with Crippen molar-refractivity contribution < 1.29 is 9.21 Å². The third-order valence-electron chi connectivity index (χ3n) is 4.40. The van der Waals surface area contributed by atoms with Gasteiger partial charge in [-0.15, -0.1) is 10.2 Å². The third kappa shape index (κ3) is 3.87. The predicted molar refractivity (Wildman–Crippen MR) is 105 cm³/mol. The number of benzene rings is 3. The monoisotopic (exact) mass is 357 g/mol. The minimum atomic E-state index is -0.0820. The second kappa shape index (κ2) is 7.41. The van der Waals surface area contributed by atoms with Crippen molar-refractivity contribution in [1.82, 2.24) is 10.2 Å². The summed E-state index contributed by atoms with van der Waals surface area (Å²) >= 11 is 0. The van der Waals surface area contributed by atoms with Gasteiger partial charge in [0, 0.05) is 29.5 Å². The second-order valence-electron chi connectivity index (χ2n) is 6.44. The van der Waals surface area contributed by atoms with Crippen LogP contribution in [0.4, 0.5) is 5.69 Å². The summed E-state index contributed by atoms with van der Waals surface area (Å²) in [4.78, 5) is 12.3. The van der Waals surface area contributed by atoms with Crippen LogP contribution in [0.3, 0.4) is 0 Å². The Kier molecular flexibility index (Phi) is 4.66. The maximum atomic E-state index is 12.3. The van der Waals surface area contributed by atoms with Crippen molar-refractivity contribution in [2.24, 2.45) is 0 Å². The average molecular weight is 357 g/mol. The Balaban J connectivity index is 1.40. The predicted octanol–water partition coefficient (Wildman–Crippen LogP) is 4.77. The van der Waals surface area contributed by atoms with Gasteiger partial charge in [0.2, 0.25) is 17.7 Å². The van der Waals surface area contributed by atoms with Gasteiger partial charge in [-0.05, 0) is 30.5 Å². The van der Waals surface area contributed by atoms with Gasteiger partial charge >= 0.3 is 0 Å². The Bertz CT molecular complexity index is 1080. The van der Waals surface area contributed by atoms with Crippen LogP contribution in [0.15, 0.2) is 71.1 Å². The fourth-order valence-corrected chi connectivity index (χ4v) is 2.94. The fraction of sp³-hybridized carbons (Fsp3) is 0.136. The average Bonchev–Trinajstić information content (AvgIpc) is 3.16. The van der Waals surface area contributed by atoms with Crippen LogP contribution in [0.25, 0.3) is 22.2 Å². The molecule has 0 atom stereocenters. The number of anilines is 1. The third-order valence-corrected chi connectivity index (χ3v) is 4.40. The van der Waals surface area contributed by atoms with Gasteiger partial charge in [-0.25, -0.2) is 0 Å². The first-order valence-electron chi connectivity index (χ1n) is 8.86. The van der Waals surface area contributed by atoms with Gasteiger partial charge in [-0.1, -0.05) is 54.1 Å². The molecule has 0 spiro atoms. The number of carbonyl (C=O) groups excluding carboxylic acids is 1. The first-order chi connectivity index (χ1) is 13.2. The van der Waals surface area contributed by atoms with E-state index in [0.29, 0.717) is 18.2 Å². The molecule has 1 aromatic heterocycles. The molecule has 0 aliphatic carbocycles. The van der Waals surface area contributed by atoms with Crippen LogP contribution in [-0.4, -0.2) is 16.1 Å². The number of hydrogen-bond donors (Lipinski definition) is 1. The Hall–Kier alpha value is -3.47. The zero-order valence-electron chi connectivity index (χ0n) is 15.0. The first-order valence-corrected chi connectivity index (χ1v) is 8.86. The lowest BCUT2D eigenvalue weighted by Crippen LogP contribution is -2.12. The molecule has 1 N–H and O–H groups in total. The van der Waals surface area contributed by atoms with Crippen LogP contribution in [0, 0.1) is 6.92 Å². The molecule has 5 heteroatoms. The number of nitrogens with zero attached hydrogens (tertiary/aromatic N) is 2. The Morgan fingerprint density at radius 3 is 2.59 bits per heavy atom. The van der Waals surface area contributed by atoms with Crippen LogP contribution >= 0.6 is 0 Å². The van der Waals surface area contributed by atoms with Gasteiger partial charge in [0.1, 0.15) is 0 Å². The maximum Gasteiger partial charge on any atom is 0.247 e. The van der Waals surface area contributed by atoms with Crippen molar-refractivity contribution in [3.8, 4) is 11.5 Å². The molecule has 0 aliphatic rings. The summed E-state index contributed by atoms with van der Waals surface area (Å²) in [6, 6.07) is 21.7. The summed E-state index contributed by atoms with van der Waals surface area (Å²) in [5, 5.41) is 13.2. The fourth-order valence-electron chi connectivity index (χ4n) is 2.94. The Morgan fingerprint density at radius 2 is 1.74 bits per heavy atom. The van der Waals surface area contributed by atoms with E-state index >= 15 is 0 Å². The molecule has 5 nitrogen and oxygen atoms in total. The topological polar surface area (TPSA) is 68.0 Å². The maximum absolute atomic E-state index is 12.3. The number of rotatable bonds is 5. The van der Waals surface area contributed by atoms with E-state index in [4.69, 9.17) is 4.42 Å². The normalized spacial score (nSPS) is 10.9. The van der Waals surface area contributed by atoms with E-state index in [0.717, 1.165) is 22.0 Å². The summed E-state index contributed by atoms with van der Waals surface area (Å²) in [5.74, 6) is 0.847. The molecule has 1 heterocycles. The standard InChI is InChI=1S/C22H19N3O2/c1-15-9-11-17(12-10-15)22-25-24-21(27-22)14-13-20(26)23-19-8-4-6-16-5-2-3-7-18(16)19/h2-12H,13-14H2,1H3,(H,23,26). The molecular formula is C22H19N3O2. The van der Waals surface area contributed by atoms with Gasteiger partial charge in [0.15, 0.2) is 0 Å². The molecule has 3 aromatic carbocycles. The summed E-state index contributed by atoms with van der Waals surface area (Å²) in [5.41, 5.74) is 2.85. The van der Waals surface area contributed by atoms with Crippen LogP contribution in [-0.2, 0) is 11.2 Å². The summed E-state index contributed by atoms with van der Waals surface area (Å²) in [6.07, 6.45) is 0.675. The van der Waals surface area contributed by atoms with Crippen LogP contribution in [0.1, 0.15) is 17.9 Å². The number of amides is 1. The number of aryl methyl sites for hydroxylation is 2. The van der Waals surface area contributed by atoms with Crippen molar-refractivity contribution in [3.63, 3.8) is 0 Å². The number of carbonyl (C=O) groups is 1. The highest BCUT2D eigenvalue weighted by atomic mass is 16.4. The highest BCUT2D eigenvalue weighted by Crippen LogP contribution is 2.23. The summed E-state index contributed by atoms with van der Waals surface area (Å²) in [6.45, 7) is 2.03. The smallest absolute Gasteiger partial charge is 0.247 e. The van der Waals surface area contributed by atoms with Crippen LogP contribution in [0.5, 0.6) is 0 Å². The SMILES string of the molecule is Cc1ccc(-c2nnc(CCC(=O)Nc3cccc4ccccc34)o2)cc1. The highest BCUT2D eigenvalue weighted by molar-refractivity contribution is 6.02. The molecule has 0 bridgehead atoms. The summed E-state index contributed by atoms with van der Waals surface area (Å²) < 4.78 is 5.68. The lowest BCUT2D eigenvalue weighted by Gasteiger charge is -2.08. The van der Waals surface area contributed by atoms with E-state index in [2.05, 4.69) is 15.5 Å². The molecule has 27 heavy (non-hydrogen) atoms. The highest BCUT2D eigenvalue weighted by Gasteiger charge is 2.11. The quantitative estimate of drug-likeness (QED) is 0.559. The number of hydrogen-bond acceptors (Lipinski definition) is 4. The minimum Gasteiger partial charge on any atom is -0.421 e. The van der Waals surface area contributed by atoms with E-state index in [1.165, 1.54) is 5.56 Å². The molecule has 4 aromatic rings. The molecular weight excluding hydrogens is 338 g/mol. The van der Waals surface area contributed by atoms with Crippen LogP contribution in [0.2, 0.25) is 0 Å². The Labute approximate surface area is 157 Å². The van der Waals surface area contributed by atoms with Crippen molar-refractivity contribution in [2.75, 3.05) is 5.32 Å². The molecule has 1 amide bonds. The molecule has 4 rings (SSSR count). The molecule has 0 saturated carbocycles. The molecule has 0 saturated heterocycles. The molecule has 0 aliphatic heterocycles. The van der Waals surface area contributed by atoms with E-state index < -0.39 is 0 Å². The molecule has 134 valence electrons. The molecule has 0 radical (unpaired) electrons. The van der Waals surface area contributed by atoms with E-state index in [1.54, 1.807) is 0 Å². The largest absolute Gasteiger partial charge is 0.421 e. The Morgan fingerprint density at radius 1 is 0.963 bits per heavy atom. The van der Waals surface area contributed by atoms with Gasteiger partial charge in [0.05, 0.1) is 0 Å². The van der Waals surface area contributed by atoms with Gasteiger partial charge in [-0.3, -0.25) is 4.79 Å². The number of fused-ring (bicyclic) bond motifs is 1. The van der Waals surface area contributed by atoms with Crippen molar-refractivity contribution in [3.05, 3.63) is 78.2 Å². The lowest BCUT2D eigenvalue weighted by atomic mass is 10.1. The van der Waals surface area contributed by atoms with Crippen molar-refractivity contribution >= 4 is 22.4 Å². The first kappa shape index (κ1) is 17.0. The van der Waals surface area contributed by atoms with E-state index in [9.17, 15) is 4.79 Å². The summed E-state index contributed by atoms with van der Waals surface area (Å²) in [7, 11) is 0. The van der Waals surface area contributed by atoms with Crippen LogP contribution < -0.4 is 5.32 Å². The number of aromatic nitrogens is 2. The van der Waals surface area contributed by atoms with Crippen molar-refractivity contribution in [1.29, 1.82) is 0 Å². The van der Waals surface area contributed by atoms with E-state index in [-0.39, 0.29) is 12.3 Å². The van der Waals surface area contributed by atoms with Gasteiger partial charge < -0.3 is 9.73 Å².